The topological polar surface area (TPSA) is 45.7 Å². The van der Waals surface area contributed by atoms with Gasteiger partial charge < -0.3 is 15.4 Å². The molecule has 0 radical (unpaired) electrons. The molecule has 5 heteroatoms. The minimum Gasteiger partial charge on any atom is -0.494 e. The summed E-state index contributed by atoms with van der Waals surface area (Å²) in [4.78, 5) is 4.55. The predicted molar refractivity (Wildman–Crippen MR) is 106 cm³/mol. The summed E-state index contributed by atoms with van der Waals surface area (Å²) in [5.74, 6) is 1.84. The molecule has 2 N–H and O–H groups in total. The van der Waals surface area contributed by atoms with Gasteiger partial charge in [-0.3, -0.25) is 4.99 Å². The Morgan fingerprint density at radius 3 is 2.45 bits per heavy atom. The molecule has 1 aromatic carbocycles. The van der Waals surface area contributed by atoms with Crippen LogP contribution in [0.25, 0.3) is 0 Å². The number of benzene rings is 1. The van der Waals surface area contributed by atoms with Crippen LogP contribution in [-0.2, 0) is 0 Å². The Bertz CT molecular complexity index is 418. The fourth-order valence-electron chi connectivity index (χ4n) is 1.82. The molecule has 126 valence electrons. The van der Waals surface area contributed by atoms with Crippen molar-refractivity contribution >= 4 is 29.9 Å². The molecule has 1 rings (SSSR count). The zero-order valence-corrected chi connectivity index (χ0v) is 16.5. The standard InChI is InChI=1S/C17H29N3O.HI/c1-5-18-17(20-14(2)3)19-12-6-7-13-21-16-10-8-15(4)9-11-16;/h8-11,14H,5-7,12-13H2,1-4H3,(H2,18,19,20);1H. The Morgan fingerprint density at radius 1 is 1.18 bits per heavy atom. The third-order valence-corrected chi connectivity index (χ3v) is 2.88. The highest BCUT2D eigenvalue weighted by atomic mass is 127. The van der Waals surface area contributed by atoms with E-state index in [0.717, 1.165) is 44.2 Å². The summed E-state index contributed by atoms with van der Waals surface area (Å²) in [6.45, 7) is 10.8. The van der Waals surface area contributed by atoms with Gasteiger partial charge in [-0.05, 0) is 52.7 Å². The maximum absolute atomic E-state index is 5.70. The molecule has 0 saturated heterocycles. The van der Waals surface area contributed by atoms with Crippen molar-refractivity contribution in [3.05, 3.63) is 29.8 Å². The summed E-state index contributed by atoms with van der Waals surface area (Å²) >= 11 is 0. The molecule has 1 aromatic rings. The first kappa shape index (κ1) is 21.0. The molecule has 0 saturated carbocycles. The summed E-state index contributed by atoms with van der Waals surface area (Å²) in [5.41, 5.74) is 1.25. The van der Waals surface area contributed by atoms with Crippen molar-refractivity contribution < 1.29 is 4.74 Å². The fourth-order valence-corrected chi connectivity index (χ4v) is 1.82. The van der Waals surface area contributed by atoms with Crippen molar-refractivity contribution in [1.29, 1.82) is 0 Å². The number of guanidine groups is 1. The molecule has 0 fully saturated rings. The SMILES string of the molecule is CCNC(=NCCCCOc1ccc(C)cc1)NC(C)C.I. The van der Waals surface area contributed by atoms with E-state index in [9.17, 15) is 0 Å². The van der Waals surface area contributed by atoms with E-state index in [2.05, 4.69) is 55.5 Å². The number of nitrogens with zero attached hydrogens (tertiary/aromatic N) is 1. The van der Waals surface area contributed by atoms with E-state index < -0.39 is 0 Å². The first-order valence-electron chi connectivity index (χ1n) is 7.86. The Labute approximate surface area is 152 Å². The van der Waals surface area contributed by atoms with E-state index in [-0.39, 0.29) is 24.0 Å². The highest BCUT2D eigenvalue weighted by molar-refractivity contribution is 14.0. The van der Waals surface area contributed by atoms with Gasteiger partial charge in [0.05, 0.1) is 6.61 Å². The van der Waals surface area contributed by atoms with Crippen LogP contribution < -0.4 is 15.4 Å². The van der Waals surface area contributed by atoms with Crippen LogP contribution in [0.1, 0.15) is 39.2 Å². The number of unbranched alkanes of at least 4 members (excludes halogenated alkanes) is 1. The van der Waals surface area contributed by atoms with Crippen LogP contribution >= 0.6 is 24.0 Å². The van der Waals surface area contributed by atoms with Gasteiger partial charge in [-0.2, -0.15) is 0 Å². The highest BCUT2D eigenvalue weighted by Gasteiger charge is 1.99. The van der Waals surface area contributed by atoms with Crippen LogP contribution in [0, 0.1) is 6.92 Å². The van der Waals surface area contributed by atoms with Crippen LogP contribution in [0.4, 0.5) is 0 Å². The van der Waals surface area contributed by atoms with Gasteiger partial charge in [0.2, 0.25) is 0 Å². The minimum atomic E-state index is 0. The van der Waals surface area contributed by atoms with Gasteiger partial charge in [-0.15, -0.1) is 24.0 Å². The van der Waals surface area contributed by atoms with Crippen LogP contribution in [0.3, 0.4) is 0 Å². The lowest BCUT2D eigenvalue weighted by Gasteiger charge is -2.13. The fraction of sp³-hybridized carbons (Fsp3) is 0.588. The molecule has 0 aliphatic carbocycles. The number of rotatable bonds is 8. The average molecular weight is 419 g/mol. The first-order valence-corrected chi connectivity index (χ1v) is 7.86. The Kier molecular flexibility index (Phi) is 12.0. The van der Waals surface area contributed by atoms with Crippen LogP contribution in [-0.4, -0.2) is 31.7 Å². The lowest BCUT2D eigenvalue weighted by Crippen LogP contribution is -2.41. The summed E-state index contributed by atoms with van der Waals surface area (Å²) in [6, 6.07) is 8.57. The van der Waals surface area contributed by atoms with Crippen molar-refractivity contribution in [2.24, 2.45) is 4.99 Å². The molecular formula is C17H30IN3O. The van der Waals surface area contributed by atoms with E-state index in [1.165, 1.54) is 5.56 Å². The number of aliphatic imine (C=N–C) groups is 1. The normalized spacial score (nSPS) is 11.0. The first-order chi connectivity index (χ1) is 10.1. The summed E-state index contributed by atoms with van der Waals surface area (Å²) < 4.78 is 5.70. The maximum atomic E-state index is 5.70. The van der Waals surface area contributed by atoms with E-state index in [1.54, 1.807) is 0 Å². The van der Waals surface area contributed by atoms with Crippen molar-refractivity contribution in [2.75, 3.05) is 19.7 Å². The Balaban J connectivity index is 0.00000441. The van der Waals surface area contributed by atoms with Gasteiger partial charge >= 0.3 is 0 Å². The second-order valence-corrected chi connectivity index (χ2v) is 5.43. The number of aryl methyl sites for hydroxylation is 1. The van der Waals surface area contributed by atoms with Gasteiger partial charge in [-0.1, -0.05) is 17.7 Å². The summed E-state index contributed by atoms with van der Waals surface area (Å²) in [5, 5.41) is 6.55. The van der Waals surface area contributed by atoms with E-state index in [0.29, 0.717) is 6.04 Å². The molecule has 4 nitrogen and oxygen atoms in total. The highest BCUT2D eigenvalue weighted by Crippen LogP contribution is 2.11. The summed E-state index contributed by atoms with van der Waals surface area (Å²) in [6.07, 6.45) is 2.04. The molecule has 0 aliphatic heterocycles. The second-order valence-electron chi connectivity index (χ2n) is 5.43. The molecule has 0 aromatic heterocycles. The van der Waals surface area contributed by atoms with E-state index >= 15 is 0 Å². The number of ether oxygens (including phenoxy) is 1. The lowest BCUT2D eigenvalue weighted by molar-refractivity contribution is 0.308. The molecule has 0 unspecified atom stereocenters. The quantitative estimate of drug-likeness (QED) is 0.292. The van der Waals surface area contributed by atoms with Gasteiger partial charge in [0, 0.05) is 19.1 Å². The number of hydrogen-bond acceptors (Lipinski definition) is 2. The van der Waals surface area contributed by atoms with Gasteiger partial charge in [0.15, 0.2) is 5.96 Å². The number of nitrogens with one attached hydrogen (secondary N) is 2. The zero-order valence-electron chi connectivity index (χ0n) is 14.2. The minimum absolute atomic E-state index is 0. The lowest BCUT2D eigenvalue weighted by atomic mass is 10.2. The third-order valence-electron chi connectivity index (χ3n) is 2.88. The van der Waals surface area contributed by atoms with Crippen molar-refractivity contribution in [1.82, 2.24) is 10.6 Å². The van der Waals surface area contributed by atoms with Gasteiger partial charge in [0.25, 0.3) is 0 Å². The largest absolute Gasteiger partial charge is 0.494 e. The smallest absolute Gasteiger partial charge is 0.191 e. The second kappa shape index (κ2) is 12.6. The van der Waals surface area contributed by atoms with Gasteiger partial charge in [-0.25, -0.2) is 0 Å². The van der Waals surface area contributed by atoms with E-state index in [4.69, 9.17) is 4.74 Å². The molecule has 0 heterocycles. The molecular weight excluding hydrogens is 389 g/mol. The van der Waals surface area contributed by atoms with Crippen LogP contribution in [0.5, 0.6) is 5.75 Å². The maximum Gasteiger partial charge on any atom is 0.191 e. The molecule has 22 heavy (non-hydrogen) atoms. The molecule has 0 atom stereocenters. The molecule has 0 aliphatic rings. The Morgan fingerprint density at radius 2 is 1.86 bits per heavy atom. The predicted octanol–water partition coefficient (Wildman–Crippen LogP) is 3.74. The molecule has 0 bridgehead atoms. The zero-order chi connectivity index (χ0) is 15.5. The summed E-state index contributed by atoms with van der Waals surface area (Å²) in [7, 11) is 0. The monoisotopic (exact) mass is 419 g/mol. The van der Waals surface area contributed by atoms with Crippen molar-refractivity contribution in [3.8, 4) is 5.75 Å². The van der Waals surface area contributed by atoms with Gasteiger partial charge in [0.1, 0.15) is 5.75 Å². The molecule has 0 amide bonds. The van der Waals surface area contributed by atoms with Crippen LogP contribution in [0.15, 0.2) is 29.3 Å². The van der Waals surface area contributed by atoms with Crippen LogP contribution in [0.2, 0.25) is 0 Å². The molecule has 0 spiro atoms. The third kappa shape index (κ3) is 9.87. The van der Waals surface area contributed by atoms with E-state index in [1.807, 2.05) is 12.1 Å². The average Bonchev–Trinajstić information content (AvgIpc) is 2.44. The number of halogens is 1. The van der Waals surface area contributed by atoms with Crippen molar-refractivity contribution in [2.45, 2.75) is 46.6 Å². The Hall–Kier alpha value is -0.980. The van der Waals surface area contributed by atoms with Crippen molar-refractivity contribution in [3.63, 3.8) is 0 Å². The number of hydrogen-bond donors (Lipinski definition) is 2.